The maximum Gasteiger partial charge on any atom is 0.234 e. The van der Waals surface area contributed by atoms with Gasteiger partial charge in [0.1, 0.15) is 11.5 Å². The standard InChI is InChI=1S/C21H24N4O3S/c1-14-9-11-16(12-10-14)28-15(2)20-23-24-21(25(20)3)29-13-19(26)22-17-7-5-6-8-18(17)27-4/h5-12,15H,13H2,1-4H3,(H,22,26). The second kappa shape index (κ2) is 9.47. The fourth-order valence-corrected chi connectivity index (χ4v) is 3.46. The molecule has 0 saturated heterocycles. The number of methoxy groups -OCH3 is 1. The number of ether oxygens (including phenoxy) is 2. The number of thioether (sulfide) groups is 1. The van der Waals surface area contributed by atoms with Crippen LogP contribution in [0.3, 0.4) is 0 Å². The van der Waals surface area contributed by atoms with Crippen molar-refractivity contribution in [1.82, 2.24) is 14.8 Å². The number of nitrogens with one attached hydrogen (secondary N) is 1. The van der Waals surface area contributed by atoms with Gasteiger partial charge in [0.05, 0.1) is 18.6 Å². The number of hydrogen-bond donors (Lipinski definition) is 1. The van der Waals surface area contributed by atoms with E-state index in [1.807, 2.05) is 61.9 Å². The average molecular weight is 413 g/mol. The van der Waals surface area contributed by atoms with E-state index in [0.717, 1.165) is 5.75 Å². The van der Waals surface area contributed by atoms with Crippen LogP contribution >= 0.6 is 11.8 Å². The normalized spacial score (nSPS) is 11.7. The van der Waals surface area contributed by atoms with Gasteiger partial charge in [0.2, 0.25) is 5.91 Å². The summed E-state index contributed by atoms with van der Waals surface area (Å²) in [6, 6.07) is 15.2. The molecule has 1 N–H and O–H groups in total. The highest BCUT2D eigenvalue weighted by atomic mass is 32.2. The van der Waals surface area contributed by atoms with Crippen molar-refractivity contribution < 1.29 is 14.3 Å². The van der Waals surface area contributed by atoms with Crippen LogP contribution in [0.4, 0.5) is 5.69 Å². The summed E-state index contributed by atoms with van der Waals surface area (Å²) in [4.78, 5) is 12.3. The molecule has 1 unspecified atom stereocenters. The summed E-state index contributed by atoms with van der Waals surface area (Å²) in [6.45, 7) is 3.95. The number of carbonyl (C=O) groups is 1. The predicted molar refractivity (Wildman–Crippen MR) is 114 cm³/mol. The number of para-hydroxylation sites is 2. The van der Waals surface area contributed by atoms with Crippen LogP contribution in [0.2, 0.25) is 0 Å². The summed E-state index contributed by atoms with van der Waals surface area (Å²) in [5, 5.41) is 11.9. The molecule has 0 spiro atoms. The molecule has 0 aliphatic rings. The van der Waals surface area contributed by atoms with Gasteiger partial charge in [0, 0.05) is 7.05 Å². The van der Waals surface area contributed by atoms with Crippen LogP contribution in [0.25, 0.3) is 0 Å². The van der Waals surface area contributed by atoms with E-state index >= 15 is 0 Å². The van der Waals surface area contributed by atoms with Crippen LogP contribution in [0.15, 0.2) is 53.7 Å². The van der Waals surface area contributed by atoms with Crippen molar-refractivity contribution in [3.8, 4) is 11.5 Å². The lowest BCUT2D eigenvalue weighted by atomic mass is 10.2. The molecule has 0 aliphatic carbocycles. The summed E-state index contributed by atoms with van der Waals surface area (Å²) in [5.41, 5.74) is 1.81. The Morgan fingerprint density at radius 2 is 1.90 bits per heavy atom. The maximum atomic E-state index is 12.3. The Hall–Kier alpha value is -3.00. The molecule has 3 rings (SSSR count). The third kappa shape index (κ3) is 5.29. The van der Waals surface area contributed by atoms with Crippen molar-refractivity contribution >= 4 is 23.4 Å². The van der Waals surface area contributed by atoms with Crippen molar-refractivity contribution in [1.29, 1.82) is 0 Å². The van der Waals surface area contributed by atoms with E-state index in [0.29, 0.717) is 22.4 Å². The maximum absolute atomic E-state index is 12.3. The van der Waals surface area contributed by atoms with Gasteiger partial charge in [0.25, 0.3) is 0 Å². The lowest BCUT2D eigenvalue weighted by Gasteiger charge is -2.14. The Morgan fingerprint density at radius 1 is 1.17 bits per heavy atom. The monoisotopic (exact) mass is 412 g/mol. The smallest absolute Gasteiger partial charge is 0.234 e. The van der Waals surface area contributed by atoms with E-state index in [9.17, 15) is 4.79 Å². The molecule has 152 valence electrons. The number of benzene rings is 2. The first-order valence-electron chi connectivity index (χ1n) is 9.16. The molecule has 0 radical (unpaired) electrons. The van der Waals surface area contributed by atoms with Crippen LogP contribution in [0.1, 0.15) is 24.4 Å². The third-order valence-electron chi connectivity index (χ3n) is 4.28. The third-order valence-corrected chi connectivity index (χ3v) is 5.30. The van der Waals surface area contributed by atoms with Crippen molar-refractivity contribution in [3.63, 3.8) is 0 Å². The number of rotatable bonds is 8. The second-order valence-electron chi connectivity index (χ2n) is 6.51. The molecule has 0 fully saturated rings. The molecule has 0 bridgehead atoms. The number of aryl methyl sites for hydroxylation is 1. The highest BCUT2D eigenvalue weighted by Crippen LogP contribution is 2.25. The predicted octanol–water partition coefficient (Wildman–Crippen LogP) is 4.00. The minimum Gasteiger partial charge on any atom is -0.495 e. The zero-order valence-electron chi connectivity index (χ0n) is 16.9. The topological polar surface area (TPSA) is 78.3 Å². The summed E-state index contributed by atoms with van der Waals surface area (Å²) < 4.78 is 13.1. The molecule has 1 heterocycles. The molecule has 8 heteroatoms. The first-order chi connectivity index (χ1) is 14.0. The van der Waals surface area contributed by atoms with E-state index in [2.05, 4.69) is 15.5 Å². The van der Waals surface area contributed by atoms with E-state index in [1.54, 1.807) is 19.2 Å². The number of anilines is 1. The second-order valence-corrected chi connectivity index (χ2v) is 7.45. The largest absolute Gasteiger partial charge is 0.495 e. The fourth-order valence-electron chi connectivity index (χ4n) is 2.74. The number of hydrogen-bond acceptors (Lipinski definition) is 6. The lowest BCUT2D eigenvalue weighted by molar-refractivity contribution is -0.113. The van der Waals surface area contributed by atoms with E-state index < -0.39 is 0 Å². The summed E-state index contributed by atoms with van der Waals surface area (Å²) in [7, 11) is 3.44. The van der Waals surface area contributed by atoms with Gasteiger partial charge in [-0.3, -0.25) is 4.79 Å². The SMILES string of the molecule is COc1ccccc1NC(=O)CSc1nnc(C(C)Oc2ccc(C)cc2)n1C. The summed E-state index contributed by atoms with van der Waals surface area (Å²) >= 11 is 1.32. The Labute approximate surface area is 174 Å². The van der Waals surface area contributed by atoms with E-state index in [-0.39, 0.29) is 17.8 Å². The molecule has 7 nitrogen and oxygen atoms in total. The van der Waals surface area contributed by atoms with E-state index in [1.165, 1.54) is 17.3 Å². The first kappa shape index (κ1) is 20.7. The van der Waals surface area contributed by atoms with Crippen molar-refractivity contribution in [3.05, 3.63) is 59.9 Å². The minimum absolute atomic E-state index is 0.145. The molecule has 1 amide bonds. The molecule has 0 aliphatic heterocycles. The summed E-state index contributed by atoms with van der Waals surface area (Å²) in [5.74, 6) is 2.15. The average Bonchev–Trinajstić information content (AvgIpc) is 3.09. The molecule has 29 heavy (non-hydrogen) atoms. The van der Waals surface area contributed by atoms with Gasteiger partial charge in [-0.25, -0.2) is 0 Å². The molecular formula is C21H24N4O3S. The zero-order chi connectivity index (χ0) is 20.8. The van der Waals surface area contributed by atoms with Gasteiger partial charge in [-0.05, 0) is 38.1 Å². The lowest BCUT2D eigenvalue weighted by Crippen LogP contribution is -2.15. The Balaban J connectivity index is 1.59. The van der Waals surface area contributed by atoms with Crippen LogP contribution in [-0.4, -0.2) is 33.5 Å². The number of carbonyl (C=O) groups excluding carboxylic acids is 1. The van der Waals surface area contributed by atoms with Crippen LogP contribution in [0.5, 0.6) is 11.5 Å². The summed E-state index contributed by atoms with van der Waals surface area (Å²) in [6.07, 6.45) is -0.271. The molecule has 3 aromatic rings. The van der Waals surface area contributed by atoms with Gasteiger partial charge < -0.3 is 19.4 Å². The minimum atomic E-state index is -0.271. The Kier molecular flexibility index (Phi) is 6.77. The van der Waals surface area contributed by atoms with Crippen molar-refractivity contribution in [2.45, 2.75) is 25.1 Å². The molecule has 1 atom stereocenters. The van der Waals surface area contributed by atoms with Crippen molar-refractivity contribution in [2.75, 3.05) is 18.2 Å². The van der Waals surface area contributed by atoms with Crippen LogP contribution in [-0.2, 0) is 11.8 Å². The first-order valence-corrected chi connectivity index (χ1v) is 10.1. The zero-order valence-corrected chi connectivity index (χ0v) is 17.7. The Bertz CT molecular complexity index is 972. The van der Waals surface area contributed by atoms with Crippen LogP contribution in [0, 0.1) is 6.92 Å². The van der Waals surface area contributed by atoms with Gasteiger partial charge in [-0.15, -0.1) is 10.2 Å². The quantitative estimate of drug-likeness (QED) is 0.564. The molecule has 0 saturated carbocycles. The Morgan fingerprint density at radius 3 is 2.62 bits per heavy atom. The van der Waals surface area contributed by atoms with Gasteiger partial charge >= 0.3 is 0 Å². The fraction of sp³-hybridized carbons (Fsp3) is 0.286. The van der Waals surface area contributed by atoms with Crippen LogP contribution < -0.4 is 14.8 Å². The van der Waals surface area contributed by atoms with Gasteiger partial charge in [-0.1, -0.05) is 41.6 Å². The number of nitrogens with zero attached hydrogens (tertiary/aromatic N) is 3. The molecule has 2 aromatic carbocycles. The van der Waals surface area contributed by atoms with Gasteiger partial charge in [-0.2, -0.15) is 0 Å². The van der Waals surface area contributed by atoms with Gasteiger partial charge in [0.15, 0.2) is 17.1 Å². The van der Waals surface area contributed by atoms with E-state index in [4.69, 9.17) is 9.47 Å². The van der Waals surface area contributed by atoms with Crippen molar-refractivity contribution in [2.24, 2.45) is 7.05 Å². The number of aromatic nitrogens is 3. The molecule has 1 aromatic heterocycles. The number of amides is 1. The molecular weight excluding hydrogens is 388 g/mol. The highest BCUT2D eigenvalue weighted by molar-refractivity contribution is 7.99. The highest BCUT2D eigenvalue weighted by Gasteiger charge is 2.18.